The summed E-state index contributed by atoms with van der Waals surface area (Å²) in [7, 11) is 10.5. The molecular weight excluding hydrogens is 353 g/mol. The van der Waals surface area contributed by atoms with Gasteiger partial charge < -0.3 is 4.98 Å². The third kappa shape index (κ3) is 13.9. The van der Waals surface area contributed by atoms with E-state index in [4.69, 9.17) is 18.6 Å². The van der Waals surface area contributed by atoms with Crippen molar-refractivity contribution in [1.29, 1.82) is 0 Å². The Hall–Kier alpha value is 0.531. The molecule has 1 nitrogen and oxygen atoms in total. The molecule has 1 rings (SSSR count). The molecule has 0 bridgehead atoms. The molecule has 0 N–H and O–H groups in total. The Kier molecular flexibility index (Phi) is 13.6. The van der Waals surface area contributed by atoms with Crippen LogP contribution in [0.5, 0.6) is 0 Å². The third-order valence-electron chi connectivity index (χ3n) is 2.79. The molecule has 0 aromatic heterocycles. The van der Waals surface area contributed by atoms with Gasteiger partial charge in [-0.25, -0.2) is 0 Å². The van der Waals surface area contributed by atoms with E-state index in [1.165, 1.54) is 27.4 Å². The first-order valence-corrected chi connectivity index (χ1v) is 12.1. The number of hydrogen-bond acceptors (Lipinski definition) is 0. The Morgan fingerprint density at radius 3 is 1.71 bits per heavy atom. The average Bonchev–Trinajstić information content (AvgIpc) is 2.55. The molecule has 0 aliphatic heterocycles. The van der Waals surface area contributed by atoms with Crippen LogP contribution in [0.2, 0.25) is 0 Å². The van der Waals surface area contributed by atoms with Gasteiger partial charge in [-0.05, 0) is 13.8 Å². The molecule has 121 valence electrons. The van der Waals surface area contributed by atoms with E-state index in [-0.39, 0.29) is 5.54 Å². The third-order valence-corrected chi connectivity index (χ3v) is 4.02. The van der Waals surface area contributed by atoms with Gasteiger partial charge in [0, 0.05) is 0 Å². The maximum absolute atomic E-state index is 4.89. The Labute approximate surface area is 150 Å². The Morgan fingerprint density at radius 1 is 1.19 bits per heavy atom. The van der Waals surface area contributed by atoms with Gasteiger partial charge in [-0.1, -0.05) is 48.5 Å². The monoisotopic (exact) mass is 380 g/mol. The van der Waals surface area contributed by atoms with Crippen LogP contribution in [-0.2, 0) is 17.0 Å². The molecule has 21 heavy (non-hydrogen) atoms. The molecule has 0 aliphatic rings. The maximum atomic E-state index is 4.89. The van der Waals surface area contributed by atoms with Crippen molar-refractivity contribution in [2.24, 2.45) is 0 Å². The Morgan fingerprint density at radius 2 is 1.62 bits per heavy atom. The average molecular weight is 381 g/mol. The van der Waals surface area contributed by atoms with Gasteiger partial charge in [0.1, 0.15) is 0 Å². The topological polar surface area (TPSA) is 14.1 Å². The number of hydrogen-bond donors (Lipinski definition) is 0. The minimum absolute atomic E-state index is 0.149. The first-order valence-electron chi connectivity index (χ1n) is 6.90. The molecule has 0 saturated heterocycles. The van der Waals surface area contributed by atoms with Crippen LogP contribution in [0.4, 0.5) is 0 Å². The fourth-order valence-electron chi connectivity index (χ4n) is 1.41. The second-order valence-electron chi connectivity index (χ2n) is 6.23. The summed E-state index contributed by atoms with van der Waals surface area (Å²) in [5.41, 5.74) is 5.89. The van der Waals surface area contributed by atoms with Crippen molar-refractivity contribution in [1.82, 2.24) is 0 Å². The van der Waals surface area contributed by atoms with E-state index in [9.17, 15) is 0 Å². The van der Waals surface area contributed by atoms with Gasteiger partial charge in [0.15, 0.2) is 0 Å². The van der Waals surface area contributed by atoms with Crippen molar-refractivity contribution < 1.29 is 17.0 Å². The number of nitrogens with zero attached hydrogens (tertiary/aromatic N) is 1. The van der Waals surface area contributed by atoms with E-state index in [1.54, 1.807) is 0 Å². The summed E-state index contributed by atoms with van der Waals surface area (Å²) >= 11 is -0.556. The van der Waals surface area contributed by atoms with E-state index in [0.717, 1.165) is 0 Å². The summed E-state index contributed by atoms with van der Waals surface area (Å²) in [6, 6.07) is 2.24. The molecule has 0 atom stereocenters. The van der Waals surface area contributed by atoms with E-state index in [0.29, 0.717) is 9.29 Å². The fraction of sp³-hybridized carbons (Fsp3) is 0.625. The van der Waals surface area contributed by atoms with E-state index < -0.39 is 17.0 Å². The van der Waals surface area contributed by atoms with Crippen LogP contribution in [0.1, 0.15) is 56.9 Å². The molecule has 0 aliphatic carbocycles. The molecule has 1 aromatic rings. The van der Waals surface area contributed by atoms with E-state index >= 15 is 0 Å². The molecule has 0 fully saturated rings. The van der Waals surface area contributed by atoms with Crippen molar-refractivity contribution in [2.45, 2.75) is 67.9 Å². The quantitative estimate of drug-likeness (QED) is 0.418. The number of rotatable bonds is 1. The first kappa shape index (κ1) is 23.8. The van der Waals surface area contributed by atoms with Gasteiger partial charge in [-0.3, -0.25) is 0 Å². The molecule has 0 unspecified atom stereocenters. The Bertz CT molecular complexity index is 408. The summed E-state index contributed by atoms with van der Waals surface area (Å²) in [5.74, 6) is 0. The van der Waals surface area contributed by atoms with Crippen LogP contribution in [0, 0.1) is 27.7 Å². The predicted octanol–water partition coefficient (Wildman–Crippen LogP) is 6.01. The van der Waals surface area contributed by atoms with Gasteiger partial charge >= 0.3 is 35.6 Å². The normalized spacial score (nSPS) is 9.67. The van der Waals surface area contributed by atoms with Crippen molar-refractivity contribution in [3.8, 4) is 0 Å². The van der Waals surface area contributed by atoms with Crippen LogP contribution >= 0.6 is 18.6 Å². The van der Waals surface area contributed by atoms with Crippen molar-refractivity contribution in [3.63, 3.8) is 0 Å². The molecule has 0 spiro atoms. The summed E-state index contributed by atoms with van der Waals surface area (Å²) in [5, 5.41) is 1.41. The van der Waals surface area contributed by atoms with Gasteiger partial charge in [0.25, 0.3) is 0 Å². The van der Waals surface area contributed by atoms with Crippen LogP contribution < -0.4 is 0 Å². The van der Waals surface area contributed by atoms with Gasteiger partial charge in [0.05, 0.1) is 0 Å². The van der Waals surface area contributed by atoms with Crippen molar-refractivity contribution >= 4 is 33.1 Å². The summed E-state index contributed by atoms with van der Waals surface area (Å²) < 4.78 is 0. The zero-order chi connectivity index (χ0) is 17.2. The molecule has 1 aromatic carbocycles. The predicted molar refractivity (Wildman–Crippen MR) is 97.9 cm³/mol. The van der Waals surface area contributed by atoms with Crippen molar-refractivity contribution in [3.05, 3.63) is 33.3 Å². The van der Waals surface area contributed by atoms with Crippen molar-refractivity contribution in [2.75, 3.05) is 0 Å². The SMILES string of the molecule is CC(C)=[Si][N-]C(C)(C)C.Cc1c[c-](C)c(C)c1C.[Cl][Ti][Cl]. The molecule has 0 heterocycles. The van der Waals surface area contributed by atoms with Gasteiger partial charge in [-0.15, -0.1) is 20.0 Å². The molecular formula is C16H28Cl2NSiTi-2. The summed E-state index contributed by atoms with van der Waals surface area (Å²) in [4.78, 5) is 4.45. The zero-order valence-corrected chi connectivity index (χ0v) is 18.9. The molecule has 0 saturated carbocycles. The van der Waals surface area contributed by atoms with Crippen LogP contribution in [0.25, 0.3) is 4.98 Å². The molecule has 1 radical (unpaired) electrons. The Balaban J connectivity index is 0. The molecule has 5 heteroatoms. The van der Waals surface area contributed by atoms with E-state index in [1.807, 2.05) is 0 Å². The summed E-state index contributed by atoms with van der Waals surface area (Å²) in [6.07, 6.45) is 0. The second kappa shape index (κ2) is 12.0. The number of aryl methyl sites for hydroxylation is 2. The zero-order valence-electron chi connectivity index (χ0n) is 14.8. The van der Waals surface area contributed by atoms with Gasteiger partial charge in [-0.2, -0.15) is 28.3 Å². The standard InChI is InChI=1S/C9H13.C7H15NSi.2ClH.Ti/c1-6-5-7(2)9(4)8(6)3;1-6(2)9-8-7(3,4)5;;;/h5H,1-4H3;1-5H3;2*1H;/q2*-1;;;+2/p-2. The van der Waals surface area contributed by atoms with Crippen LogP contribution in [-0.4, -0.2) is 20.0 Å². The minimum atomic E-state index is -0.556. The fourth-order valence-corrected chi connectivity index (χ4v) is 1.97. The van der Waals surface area contributed by atoms with Crippen LogP contribution in [0.3, 0.4) is 0 Å². The first-order chi connectivity index (χ1) is 9.46. The number of halogens is 2. The van der Waals surface area contributed by atoms with Gasteiger partial charge in [0.2, 0.25) is 0 Å². The van der Waals surface area contributed by atoms with Crippen LogP contribution in [0.15, 0.2) is 6.07 Å². The second-order valence-corrected chi connectivity index (χ2v) is 10.3. The summed E-state index contributed by atoms with van der Waals surface area (Å²) in [6.45, 7) is 19.3. The molecule has 0 amide bonds. The van der Waals surface area contributed by atoms with E-state index in [2.05, 4.69) is 73.4 Å².